The molecule has 0 saturated heterocycles. The maximum atomic E-state index is 12.4. The van der Waals surface area contributed by atoms with Crippen molar-refractivity contribution in [3.8, 4) is 0 Å². The van der Waals surface area contributed by atoms with Crippen LogP contribution in [0.2, 0.25) is 0 Å². The molecule has 31 heavy (non-hydrogen) atoms. The van der Waals surface area contributed by atoms with Gasteiger partial charge in [-0.2, -0.15) is 5.10 Å². The Morgan fingerprint density at radius 3 is 2.35 bits per heavy atom. The lowest BCUT2D eigenvalue weighted by molar-refractivity contribution is 0.0465. The molecule has 3 aromatic rings. The summed E-state index contributed by atoms with van der Waals surface area (Å²) in [4.78, 5) is 60.9. The molecular formula is C20H19N5O6. The van der Waals surface area contributed by atoms with Gasteiger partial charge in [0.2, 0.25) is 5.78 Å². The number of Topliss-reactive ketones (excluding diaryl/α,β-unsaturated/α-hetero) is 1. The van der Waals surface area contributed by atoms with E-state index in [-0.39, 0.29) is 18.1 Å². The van der Waals surface area contributed by atoms with Gasteiger partial charge in [0.25, 0.3) is 11.1 Å². The smallest absolute Gasteiger partial charge is 0.359 e. The van der Waals surface area contributed by atoms with Gasteiger partial charge in [-0.25, -0.2) is 14.3 Å². The van der Waals surface area contributed by atoms with Gasteiger partial charge >= 0.3 is 11.7 Å². The lowest BCUT2D eigenvalue weighted by Gasteiger charge is -2.11. The predicted molar refractivity (Wildman–Crippen MR) is 110 cm³/mol. The molecule has 0 saturated carbocycles. The summed E-state index contributed by atoms with van der Waals surface area (Å²) in [5.41, 5.74) is 3.87. The van der Waals surface area contributed by atoms with Crippen molar-refractivity contribution in [1.29, 1.82) is 0 Å². The van der Waals surface area contributed by atoms with Crippen LogP contribution in [-0.4, -0.2) is 37.3 Å². The average molecular weight is 425 g/mol. The number of aromatic nitrogens is 4. The highest BCUT2D eigenvalue weighted by Crippen LogP contribution is 2.06. The van der Waals surface area contributed by atoms with E-state index in [1.807, 2.05) is 6.07 Å². The number of ether oxygens (including phenoxy) is 1. The first-order valence-electron chi connectivity index (χ1n) is 9.08. The Kier molecular flexibility index (Phi) is 5.95. The molecule has 160 valence electrons. The molecule has 11 nitrogen and oxygen atoms in total. The molecule has 0 amide bonds. The molecule has 0 atom stereocenters. The van der Waals surface area contributed by atoms with Crippen molar-refractivity contribution in [3.63, 3.8) is 0 Å². The van der Waals surface area contributed by atoms with Gasteiger partial charge in [0.15, 0.2) is 12.3 Å². The molecular weight excluding hydrogens is 406 g/mol. The van der Waals surface area contributed by atoms with E-state index in [4.69, 9.17) is 10.5 Å². The lowest BCUT2D eigenvalue weighted by Crippen LogP contribution is -2.42. The molecule has 2 aromatic heterocycles. The molecule has 0 bridgehead atoms. The Morgan fingerprint density at radius 2 is 1.68 bits per heavy atom. The van der Waals surface area contributed by atoms with Crippen molar-refractivity contribution in [2.24, 2.45) is 14.1 Å². The van der Waals surface area contributed by atoms with E-state index < -0.39 is 40.7 Å². The van der Waals surface area contributed by atoms with Crippen molar-refractivity contribution >= 4 is 17.6 Å². The van der Waals surface area contributed by atoms with Crippen molar-refractivity contribution in [2.45, 2.75) is 6.54 Å². The van der Waals surface area contributed by atoms with E-state index in [0.717, 1.165) is 25.4 Å². The van der Waals surface area contributed by atoms with Gasteiger partial charge in [-0.15, -0.1) is 0 Å². The van der Waals surface area contributed by atoms with Crippen LogP contribution in [0.4, 0.5) is 5.82 Å². The van der Waals surface area contributed by atoms with Crippen LogP contribution in [0.25, 0.3) is 0 Å². The number of nitrogen functional groups attached to an aromatic ring is 1. The first kappa shape index (κ1) is 21.4. The van der Waals surface area contributed by atoms with Crippen molar-refractivity contribution in [1.82, 2.24) is 18.9 Å². The Bertz CT molecular complexity index is 1340. The summed E-state index contributed by atoms with van der Waals surface area (Å²) in [5, 5.41) is 3.98. The minimum atomic E-state index is -0.963. The summed E-state index contributed by atoms with van der Waals surface area (Å²) in [5.74, 6) is -2.17. The zero-order valence-corrected chi connectivity index (χ0v) is 16.8. The zero-order chi connectivity index (χ0) is 22.7. The first-order valence-corrected chi connectivity index (χ1v) is 9.08. The fourth-order valence-corrected chi connectivity index (χ4v) is 2.83. The van der Waals surface area contributed by atoms with E-state index in [9.17, 15) is 24.0 Å². The number of hydrogen-bond donors (Lipinski definition) is 1. The summed E-state index contributed by atoms with van der Waals surface area (Å²) in [6, 6.07) is 11.4. The Hall–Kier alpha value is -4.28. The van der Waals surface area contributed by atoms with E-state index in [0.29, 0.717) is 0 Å². The van der Waals surface area contributed by atoms with Crippen LogP contribution in [0.3, 0.4) is 0 Å². The summed E-state index contributed by atoms with van der Waals surface area (Å²) in [6.45, 7) is -0.652. The molecule has 3 rings (SSSR count). The third-order valence-electron chi connectivity index (χ3n) is 4.57. The van der Waals surface area contributed by atoms with Gasteiger partial charge in [-0.05, 0) is 11.6 Å². The zero-order valence-electron chi connectivity index (χ0n) is 16.8. The maximum Gasteiger partial charge on any atom is 0.359 e. The topological polar surface area (TPSA) is 148 Å². The van der Waals surface area contributed by atoms with E-state index in [2.05, 4.69) is 5.10 Å². The van der Waals surface area contributed by atoms with Crippen LogP contribution in [0.5, 0.6) is 0 Å². The van der Waals surface area contributed by atoms with Gasteiger partial charge in [-0.1, -0.05) is 30.3 Å². The largest absolute Gasteiger partial charge is 0.453 e. The van der Waals surface area contributed by atoms with Gasteiger partial charge in [-0.3, -0.25) is 23.5 Å². The molecule has 0 spiro atoms. The summed E-state index contributed by atoms with van der Waals surface area (Å²) < 4.78 is 7.71. The van der Waals surface area contributed by atoms with Gasteiger partial charge < -0.3 is 10.5 Å². The molecule has 11 heteroatoms. The van der Waals surface area contributed by atoms with Crippen LogP contribution < -0.4 is 22.5 Å². The second-order valence-corrected chi connectivity index (χ2v) is 6.67. The monoisotopic (exact) mass is 425 g/mol. The molecule has 2 N–H and O–H groups in total. The van der Waals surface area contributed by atoms with Crippen LogP contribution in [0.1, 0.15) is 26.4 Å². The minimum Gasteiger partial charge on any atom is -0.453 e. The van der Waals surface area contributed by atoms with Gasteiger partial charge in [0, 0.05) is 20.2 Å². The highest BCUT2D eigenvalue weighted by molar-refractivity contribution is 6.02. The van der Waals surface area contributed by atoms with Crippen LogP contribution in [-0.2, 0) is 25.4 Å². The molecule has 0 radical (unpaired) electrons. The van der Waals surface area contributed by atoms with Gasteiger partial charge in [0.1, 0.15) is 11.4 Å². The number of anilines is 1. The van der Waals surface area contributed by atoms with Gasteiger partial charge in [0.05, 0.1) is 6.54 Å². The highest BCUT2D eigenvalue weighted by atomic mass is 16.5. The lowest BCUT2D eigenvalue weighted by atomic mass is 10.2. The second kappa shape index (κ2) is 8.61. The summed E-state index contributed by atoms with van der Waals surface area (Å²) in [7, 11) is 2.51. The maximum absolute atomic E-state index is 12.4. The number of esters is 1. The number of ketones is 1. The SMILES string of the molecule is Cn1c(N)c(C(=O)COC(=O)c2ccc(=O)n(Cc3ccccc3)n2)c(=O)n(C)c1=O. The van der Waals surface area contributed by atoms with Crippen molar-refractivity contribution in [3.05, 3.63) is 90.5 Å². The second-order valence-electron chi connectivity index (χ2n) is 6.67. The van der Waals surface area contributed by atoms with Crippen LogP contribution >= 0.6 is 0 Å². The number of carbonyl (C=O) groups is 2. The highest BCUT2D eigenvalue weighted by Gasteiger charge is 2.22. The Labute approximate surface area is 174 Å². The Balaban J connectivity index is 1.78. The van der Waals surface area contributed by atoms with Crippen molar-refractivity contribution in [2.75, 3.05) is 12.3 Å². The molecule has 1 aromatic carbocycles. The van der Waals surface area contributed by atoms with Crippen molar-refractivity contribution < 1.29 is 14.3 Å². The number of nitrogens with two attached hydrogens (primary N) is 1. The number of nitrogens with zero attached hydrogens (tertiary/aromatic N) is 4. The van der Waals surface area contributed by atoms with E-state index >= 15 is 0 Å². The molecule has 0 aliphatic carbocycles. The molecule has 0 aliphatic rings. The average Bonchev–Trinajstić information content (AvgIpc) is 2.77. The quantitative estimate of drug-likeness (QED) is 0.403. The minimum absolute atomic E-state index is 0.143. The summed E-state index contributed by atoms with van der Waals surface area (Å²) in [6.07, 6.45) is 0. The van der Waals surface area contributed by atoms with E-state index in [1.54, 1.807) is 24.3 Å². The standard InChI is InChI=1S/C20H19N5O6/c1-23-17(21)16(18(28)24(2)20(23)30)14(26)11-31-19(29)13-8-9-15(27)25(22-13)10-12-6-4-3-5-7-12/h3-9H,10-11,21H2,1-2H3. The molecule has 2 heterocycles. The molecule has 0 fully saturated rings. The van der Waals surface area contributed by atoms with Crippen LogP contribution in [0, 0.1) is 0 Å². The number of benzene rings is 1. The number of carbonyl (C=O) groups excluding carboxylic acids is 2. The third kappa shape index (κ3) is 4.34. The van der Waals surface area contributed by atoms with Crippen LogP contribution in [0.15, 0.2) is 56.8 Å². The third-order valence-corrected chi connectivity index (χ3v) is 4.57. The fourth-order valence-electron chi connectivity index (χ4n) is 2.83. The number of hydrogen-bond acceptors (Lipinski definition) is 8. The van der Waals surface area contributed by atoms with E-state index in [1.165, 1.54) is 20.2 Å². The normalized spacial score (nSPS) is 10.6. The molecule has 0 aliphatic heterocycles. The first-order chi connectivity index (χ1) is 14.7. The fraction of sp³-hybridized carbons (Fsp3) is 0.200. The number of rotatable bonds is 6. The Morgan fingerprint density at radius 1 is 1.00 bits per heavy atom. The predicted octanol–water partition coefficient (Wildman–Crippen LogP) is -0.689. The summed E-state index contributed by atoms with van der Waals surface area (Å²) >= 11 is 0. The molecule has 0 unspecified atom stereocenters.